The maximum Gasteiger partial charge on any atom is 0.145 e. The van der Waals surface area contributed by atoms with Gasteiger partial charge in [-0.25, -0.2) is 8.42 Å². The summed E-state index contributed by atoms with van der Waals surface area (Å²) in [4.78, 5) is 0. The second-order valence-corrected chi connectivity index (χ2v) is 4.24. The molecule has 0 unspecified atom stereocenters. The first-order valence-corrected chi connectivity index (χ1v) is 4.69. The SMILES string of the molecule is C[C@H]([C@@H](O)C1CC1)[SH](=O)=O. The molecular weight excluding hydrogens is 152 g/mol. The molecule has 1 aliphatic carbocycles. The standard InChI is InChI=1S/C6H12O3S/c1-4(10(8)9)6(7)5-2-3-5/h4-7,10H,2-3H2,1H3/t4-,6-/m1/s1. The molecule has 1 fully saturated rings. The summed E-state index contributed by atoms with van der Waals surface area (Å²) in [5, 5.41) is 8.68. The van der Waals surface area contributed by atoms with Gasteiger partial charge in [-0.3, -0.25) is 0 Å². The van der Waals surface area contributed by atoms with Crippen molar-refractivity contribution in [3.05, 3.63) is 0 Å². The Kier molecular flexibility index (Phi) is 2.31. The highest BCUT2D eigenvalue weighted by Crippen LogP contribution is 2.34. The first-order valence-electron chi connectivity index (χ1n) is 3.44. The van der Waals surface area contributed by atoms with Crippen LogP contribution in [0.15, 0.2) is 0 Å². The summed E-state index contributed by atoms with van der Waals surface area (Å²) in [6.07, 6.45) is 1.34. The minimum absolute atomic E-state index is 0.253. The molecule has 2 atom stereocenters. The van der Waals surface area contributed by atoms with Crippen LogP contribution in [-0.2, 0) is 10.7 Å². The van der Waals surface area contributed by atoms with E-state index in [0.717, 1.165) is 12.8 Å². The lowest BCUT2D eigenvalue weighted by molar-refractivity contribution is 0.150. The second kappa shape index (κ2) is 2.88. The number of hydrogen-bond donors (Lipinski definition) is 2. The van der Waals surface area contributed by atoms with Crippen LogP contribution in [0.1, 0.15) is 19.8 Å². The normalized spacial score (nSPS) is 24.7. The van der Waals surface area contributed by atoms with Gasteiger partial charge in [0.05, 0.1) is 11.4 Å². The van der Waals surface area contributed by atoms with E-state index in [1.807, 2.05) is 0 Å². The molecule has 1 rings (SSSR count). The van der Waals surface area contributed by atoms with E-state index in [1.54, 1.807) is 6.92 Å². The van der Waals surface area contributed by atoms with E-state index < -0.39 is 22.1 Å². The minimum atomic E-state index is -2.44. The minimum Gasteiger partial charge on any atom is -0.392 e. The van der Waals surface area contributed by atoms with Gasteiger partial charge in [0.25, 0.3) is 0 Å². The van der Waals surface area contributed by atoms with Gasteiger partial charge in [-0.15, -0.1) is 0 Å². The molecule has 0 radical (unpaired) electrons. The second-order valence-electron chi connectivity index (χ2n) is 2.85. The molecule has 0 aromatic heterocycles. The fourth-order valence-corrected chi connectivity index (χ4v) is 1.45. The number of aliphatic hydroxyl groups excluding tert-OH is 1. The zero-order valence-corrected chi connectivity index (χ0v) is 6.75. The Morgan fingerprint density at radius 1 is 1.50 bits per heavy atom. The van der Waals surface area contributed by atoms with E-state index in [-0.39, 0.29) is 5.92 Å². The highest BCUT2D eigenvalue weighted by molar-refractivity contribution is 7.73. The smallest absolute Gasteiger partial charge is 0.145 e. The van der Waals surface area contributed by atoms with Crippen LogP contribution in [-0.4, -0.2) is 24.9 Å². The van der Waals surface area contributed by atoms with Crippen molar-refractivity contribution >= 4 is 10.7 Å². The maximum absolute atomic E-state index is 10.4. The van der Waals surface area contributed by atoms with Gasteiger partial charge in [0.1, 0.15) is 10.7 Å². The van der Waals surface area contributed by atoms with Crippen LogP contribution in [0.5, 0.6) is 0 Å². The van der Waals surface area contributed by atoms with Crippen molar-refractivity contribution < 1.29 is 13.5 Å². The number of hydrogen-bond acceptors (Lipinski definition) is 3. The average molecular weight is 164 g/mol. The number of thiol groups is 1. The first-order chi connectivity index (χ1) is 4.63. The zero-order valence-electron chi connectivity index (χ0n) is 5.86. The van der Waals surface area contributed by atoms with Crippen LogP contribution in [0.2, 0.25) is 0 Å². The molecule has 60 valence electrons. The third-order valence-electron chi connectivity index (χ3n) is 1.93. The summed E-state index contributed by atoms with van der Waals surface area (Å²) in [5.41, 5.74) is 0. The fraction of sp³-hybridized carbons (Fsp3) is 1.00. The lowest BCUT2D eigenvalue weighted by atomic mass is 10.2. The maximum atomic E-state index is 10.4. The molecule has 0 aromatic carbocycles. The quantitative estimate of drug-likeness (QED) is 0.566. The van der Waals surface area contributed by atoms with E-state index in [0.29, 0.717) is 0 Å². The summed E-state index contributed by atoms with van der Waals surface area (Å²) >= 11 is 0. The van der Waals surface area contributed by atoms with Crippen molar-refractivity contribution in [2.45, 2.75) is 31.1 Å². The van der Waals surface area contributed by atoms with Crippen molar-refractivity contribution in [1.29, 1.82) is 0 Å². The van der Waals surface area contributed by atoms with E-state index in [4.69, 9.17) is 0 Å². The van der Waals surface area contributed by atoms with Crippen LogP contribution in [0, 0.1) is 5.92 Å². The van der Waals surface area contributed by atoms with Crippen molar-refractivity contribution in [3.63, 3.8) is 0 Å². The Balaban J connectivity index is 2.45. The summed E-state index contributed by atoms with van der Waals surface area (Å²) in [6.45, 7) is 1.55. The van der Waals surface area contributed by atoms with Crippen molar-refractivity contribution in [1.82, 2.24) is 0 Å². The Hall–Kier alpha value is -0.0900. The molecule has 3 nitrogen and oxygen atoms in total. The third-order valence-corrected chi connectivity index (χ3v) is 2.90. The van der Waals surface area contributed by atoms with Crippen LogP contribution in [0.4, 0.5) is 0 Å². The Bertz CT molecular complexity index is 175. The summed E-state index contributed by atoms with van der Waals surface area (Å²) < 4.78 is 20.7. The number of aliphatic hydroxyl groups is 1. The van der Waals surface area contributed by atoms with E-state index in [9.17, 15) is 13.5 Å². The largest absolute Gasteiger partial charge is 0.392 e. The van der Waals surface area contributed by atoms with Gasteiger partial charge in [0.15, 0.2) is 0 Å². The third kappa shape index (κ3) is 1.70. The van der Waals surface area contributed by atoms with Gasteiger partial charge >= 0.3 is 0 Å². The molecule has 1 N–H and O–H groups in total. The van der Waals surface area contributed by atoms with E-state index in [2.05, 4.69) is 0 Å². The van der Waals surface area contributed by atoms with E-state index >= 15 is 0 Å². The van der Waals surface area contributed by atoms with E-state index in [1.165, 1.54) is 0 Å². The molecule has 0 saturated heterocycles. The monoisotopic (exact) mass is 164 g/mol. The first kappa shape index (κ1) is 8.01. The number of rotatable bonds is 3. The van der Waals surface area contributed by atoms with Crippen LogP contribution < -0.4 is 0 Å². The molecule has 10 heavy (non-hydrogen) atoms. The van der Waals surface area contributed by atoms with Gasteiger partial charge in [0.2, 0.25) is 0 Å². The Morgan fingerprint density at radius 3 is 2.30 bits per heavy atom. The van der Waals surface area contributed by atoms with Crippen molar-refractivity contribution in [2.75, 3.05) is 0 Å². The van der Waals surface area contributed by atoms with Gasteiger partial charge in [-0.05, 0) is 25.7 Å². The average Bonchev–Trinajstić information content (AvgIpc) is 2.65. The highest BCUT2D eigenvalue weighted by atomic mass is 32.2. The molecule has 0 bridgehead atoms. The zero-order chi connectivity index (χ0) is 7.72. The van der Waals surface area contributed by atoms with Gasteiger partial charge < -0.3 is 5.11 Å². The highest BCUT2D eigenvalue weighted by Gasteiger charge is 2.34. The van der Waals surface area contributed by atoms with Crippen LogP contribution in [0.25, 0.3) is 0 Å². The lowest BCUT2D eigenvalue weighted by Crippen LogP contribution is -2.26. The predicted molar refractivity (Wildman–Crippen MR) is 38.5 cm³/mol. The Labute approximate surface area is 62.0 Å². The lowest BCUT2D eigenvalue weighted by Gasteiger charge is -2.10. The Morgan fingerprint density at radius 2 is 2.00 bits per heavy atom. The topological polar surface area (TPSA) is 54.4 Å². The van der Waals surface area contributed by atoms with Crippen LogP contribution in [0.3, 0.4) is 0 Å². The molecule has 0 amide bonds. The summed E-state index contributed by atoms with van der Waals surface area (Å²) in [7, 11) is -2.44. The molecule has 1 aliphatic rings. The fourth-order valence-electron chi connectivity index (χ4n) is 0.956. The predicted octanol–water partition coefficient (Wildman–Crippen LogP) is -0.243. The molecule has 1 saturated carbocycles. The van der Waals surface area contributed by atoms with Gasteiger partial charge in [0, 0.05) is 0 Å². The molecule has 0 heterocycles. The molecular formula is C6H12O3S. The van der Waals surface area contributed by atoms with Gasteiger partial charge in [-0.1, -0.05) is 0 Å². The van der Waals surface area contributed by atoms with Crippen molar-refractivity contribution in [3.8, 4) is 0 Å². The summed E-state index contributed by atoms with van der Waals surface area (Å²) in [6, 6.07) is 0. The molecule has 4 heteroatoms. The molecule has 0 aliphatic heterocycles. The van der Waals surface area contributed by atoms with Crippen LogP contribution >= 0.6 is 0 Å². The van der Waals surface area contributed by atoms with Crippen molar-refractivity contribution in [2.24, 2.45) is 5.92 Å². The molecule has 0 spiro atoms. The molecule has 0 aromatic rings. The van der Waals surface area contributed by atoms with Gasteiger partial charge in [-0.2, -0.15) is 0 Å². The summed E-state index contributed by atoms with van der Waals surface area (Å²) in [5.74, 6) is 0.253.